The van der Waals surface area contributed by atoms with Crippen molar-refractivity contribution < 1.29 is 9.90 Å². The predicted molar refractivity (Wildman–Crippen MR) is 50.0 cm³/mol. The summed E-state index contributed by atoms with van der Waals surface area (Å²) in [4.78, 5) is 11.4. The Bertz CT molecular complexity index is 178. The molecule has 1 unspecified atom stereocenters. The first kappa shape index (κ1) is 10.5. The third-order valence-corrected chi connectivity index (χ3v) is 2.51. The van der Waals surface area contributed by atoms with E-state index < -0.39 is 0 Å². The van der Waals surface area contributed by atoms with Crippen LogP contribution < -0.4 is 11.1 Å². The van der Waals surface area contributed by atoms with Crippen LogP contribution in [0.3, 0.4) is 0 Å². The molecule has 13 heavy (non-hydrogen) atoms. The highest BCUT2D eigenvalue weighted by Crippen LogP contribution is 2.19. The van der Waals surface area contributed by atoms with Crippen molar-refractivity contribution in [3.05, 3.63) is 0 Å². The van der Waals surface area contributed by atoms with Gasteiger partial charge in [-0.2, -0.15) is 0 Å². The maximum absolute atomic E-state index is 11.4. The zero-order chi connectivity index (χ0) is 9.84. The van der Waals surface area contributed by atoms with Gasteiger partial charge in [0.2, 0.25) is 5.91 Å². The van der Waals surface area contributed by atoms with Crippen molar-refractivity contribution in [2.75, 3.05) is 6.54 Å². The van der Waals surface area contributed by atoms with Crippen LogP contribution in [0.4, 0.5) is 0 Å². The molecule has 0 spiro atoms. The molecular formula is C9H18N2O2. The molecule has 4 heteroatoms. The van der Waals surface area contributed by atoms with E-state index in [1.165, 1.54) is 0 Å². The molecule has 4 nitrogen and oxygen atoms in total. The van der Waals surface area contributed by atoms with E-state index in [1.807, 2.05) is 6.92 Å². The highest BCUT2D eigenvalue weighted by atomic mass is 16.3. The summed E-state index contributed by atoms with van der Waals surface area (Å²) < 4.78 is 0. The number of hydrogen-bond acceptors (Lipinski definition) is 3. The van der Waals surface area contributed by atoms with Crippen LogP contribution in [0, 0.1) is 5.92 Å². The second-order valence-corrected chi connectivity index (χ2v) is 3.81. The highest BCUT2D eigenvalue weighted by molar-refractivity contribution is 5.78. The van der Waals surface area contributed by atoms with E-state index in [0.29, 0.717) is 19.4 Å². The van der Waals surface area contributed by atoms with Gasteiger partial charge in [-0.15, -0.1) is 0 Å². The monoisotopic (exact) mass is 186 g/mol. The Labute approximate surface area is 78.5 Å². The second-order valence-electron chi connectivity index (χ2n) is 3.81. The molecule has 0 saturated heterocycles. The molecular weight excluding hydrogens is 168 g/mol. The Hall–Kier alpha value is -0.610. The first-order chi connectivity index (χ1) is 6.13. The van der Waals surface area contributed by atoms with Gasteiger partial charge < -0.3 is 16.2 Å². The van der Waals surface area contributed by atoms with E-state index in [2.05, 4.69) is 5.32 Å². The Balaban J connectivity index is 2.17. The molecule has 76 valence electrons. The molecule has 0 aromatic carbocycles. The number of rotatable bonds is 4. The first-order valence-electron chi connectivity index (χ1n) is 4.82. The fourth-order valence-corrected chi connectivity index (χ4v) is 1.43. The van der Waals surface area contributed by atoms with E-state index >= 15 is 0 Å². The van der Waals surface area contributed by atoms with Gasteiger partial charge in [0.25, 0.3) is 0 Å². The average Bonchev–Trinajstić information content (AvgIpc) is 2.02. The van der Waals surface area contributed by atoms with Gasteiger partial charge in [-0.1, -0.05) is 6.92 Å². The van der Waals surface area contributed by atoms with Crippen LogP contribution in [0.25, 0.3) is 0 Å². The molecule has 0 heterocycles. The van der Waals surface area contributed by atoms with Crippen molar-refractivity contribution in [2.24, 2.45) is 11.7 Å². The van der Waals surface area contributed by atoms with Crippen molar-refractivity contribution in [1.29, 1.82) is 0 Å². The van der Waals surface area contributed by atoms with Crippen LogP contribution in [0.15, 0.2) is 0 Å². The minimum Gasteiger partial charge on any atom is -0.393 e. The zero-order valence-corrected chi connectivity index (χ0v) is 7.99. The minimum absolute atomic E-state index is 0.0113. The third-order valence-electron chi connectivity index (χ3n) is 2.51. The van der Waals surface area contributed by atoms with E-state index in [1.54, 1.807) is 0 Å². The molecule has 0 bridgehead atoms. The Morgan fingerprint density at radius 2 is 2.31 bits per heavy atom. The topological polar surface area (TPSA) is 75.4 Å². The van der Waals surface area contributed by atoms with Gasteiger partial charge in [0, 0.05) is 12.0 Å². The summed E-state index contributed by atoms with van der Waals surface area (Å²) in [5, 5.41) is 11.9. The van der Waals surface area contributed by atoms with Gasteiger partial charge in [0.1, 0.15) is 0 Å². The normalized spacial score (nSPS) is 29.2. The maximum Gasteiger partial charge on any atom is 0.223 e. The van der Waals surface area contributed by atoms with Crippen molar-refractivity contribution in [3.63, 3.8) is 0 Å². The van der Waals surface area contributed by atoms with E-state index in [0.717, 1.165) is 6.42 Å². The molecule has 1 fully saturated rings. The summed E-state index contributed by atoms with van der Waals surface area (Å²) in [5.74, 6) is 0.0464. The molecule has 1 saturated carbocycles. The lowest BCUT2D eigenvalue weighted by Crippen LogP contribution is -2.48. The Morgan fingerprint density at radius 1 is 1.69 bits per heavy atom. The molecule has 0 radical (unpaired) electrons. The van der Waals surface area contributed by atoms with Gasteiger partial charge in [0.05, 0.1) is 6.10 Å². The van der Waals surface area contributed by atoms with Gasteiger partial charge >= 0.3 is 0 Å². The quantitative estimate of drug-likeness (QED) is 0.559. The van der Waals surface area contributed by atoms with Crippen LogP contribution in [0.5, 0.6) is 0 Å². The first-order valence-corrected chi connectivity index (χ1v) is 4.82. The fraction of sp³-hybridized carbons (Fsp3) is 0.889. The van der Waals surface area contributed by atoms with Gasteiger partial charge in [-0.25, -0.2) is 0 Å². The molecule has 0 aromatic heterocycles. The van der Waals surface area contributed by atoms with Crippen molar-refractivity contribution in [2.45, 2.75) is 38.3 Å². The number of carbonyl (C=O) groups is 1. The van der Waals surface area contributed by atoms with Crippen LogP contribution in [0.1, 0.15) is 26.2 Å². The van der Waals surface area contributed by atoms with Gasteiger partial charge in [0.15, 0.2) is 0 Å². The van der Waals surface area contributed by atoms with E-state index in [4.69, 9.17) is 10.8 Å². The maximum atomic E-state index is 11.4. The predicted octanol–water partition coefficient (Wildman–Crippen LogP) is -0.389. The summed E-state index contributed by atoms with van der Waals surface area (Å²) >= 11 is 0. The Kier molecular flexibility index (Phi) is 3.69. The Morgan fingerprint density at radius 3 is 2.77 bits per heavy atom. The summed E-state index contributed by atoms with van der Waals surface area (Å²) in [7, 11) is 0. The van der Waals surface area contributed by atoms with Crippen LogP contribution in [-0.4, -0.2) is 29.7 Å². The molecule has 1 amide bonds. The molecule has 1 rings (SSSR count). The number of carbonyl (C=O) groups excluding carboxylic acids is 1. The van der Waals surface area contributed by atoms with Crippen LogP contribution in [-0.2, 0) is 4.79 Å². The van der Waals surface area contributed by atoms with Crippen molar-refractivity contribution in [3.8, 4) is 0 Å². The number of amides is 1. The lowest BCUT2D eigenvalue weighted by atomic mass is 9.89. The number of aliphatic hydroxyl groups excluding tert-OH is 1. The second kappa shape index (κ2) is 4.58. The number of nitrogens with two attached hydrogens (primary N) is 1. The largest absolute Gasteiger partial charge is 0.393 e. The molecule has 0 aliphatic heterocycles. The molecule has 1 aliphatic rings. The van der Waals surface area contributed by atoms with Crippen LogP contribution in [0.2, 0.25) is 0 Å². The fourth-order valence-electron chi connectivity index (χ4n) is 1.43. The van der Waals surface area contributed by atoms with E-state index in [-0.39, 0.29) is 24.0 Å². The SMILES string of the molecule is CC(CCN)C(=O)NC1CC(O)C1. The summed E-state index contributed by atoms with van der Waals surface area (Å²) in [6.45, 7) is 2.42. The lowest BCUT2D eigenvalue weighted by Gasteiger charge is -2.32. The number of aliphatic hydroxyl groups is 1. The zero-order valence-electron chi connectivity index (χ0n) is 7.99. The van der Waals surface area contributed by atoms with Crippen molar-refractivity contribution in [1.82, 2.24) is 5.32 Å². The van der Waals surface area contributed by atoms with Gasteiger partial charge in [-0.05, 0) is 25.8 Å². The standard InChI is InChI=1S/C9H18N2O2/c1-6(2-3-10)9(13)11-7-4-8(12)5-7/h6-8,12H,2-5,10H2,1H3,(H,11,13). The number of nitrogens with one attached hydrogen (secondary N) is 1. The van der Waals surface area contributed by atoms with Gasteiger partial charge in [-0.3, -0.25) is 4.79 Å². The average molecular weight is 186 g/mol. The smallest absolute Gasteiger partial charge is 0.223 e. The number of hydrogen-bond donors (Lipinski definition) is 3. The lowest BCUT2D eigenvalue weighted by molar-refractivity contribution is -0.126. The summed E-state index contributed by atoms with van der Waals surface area (Å²) in [6, 6.07) is 0.183. The molecule has 1 aliphatic carbocycles. The molecule has 4 N–H and O–H groups in total. The summed E-state index contributed by atoms with van der Waals surface area (Å²) in [5.41, 5.74) is 5.35. The summed E-state index contributed by atoms with van der Waals surface area (Å²) in [6.07, 6.45) is 1.90. The highest BCUT2D eigenvalue weighted by Gasteiger charge is 2.29. The molecule has 1 atom stereocenters. The third kappa shape index (κ3) is 2.97. The van der Waals surface area contributed by atoms with E-state index in [9.17, 15) is 4.79 Å². The van der Waals surface area contributed by atoms with Crippen LogP contribution >= 0.6 is 0 Å². The van der Waals surface area contributed by atoms with Crippen molar-refractivity contribution >= 4 is 5.91 Å². The molecule has 0 aromatic rings. The minimum atomic E-state index is -0.213.